The number of rotatable bonds is 2. The standard InChI is InChI=1S/C14H25NO2/c1-11-7-8-15(10-13(11)16)14(17)9-12-5-3-2-4-6-12/h11-13,16H,2-10H2,1H3. The molecule has 1 aliphatic heterocycles. The number of aliphatic hydroxyl groups excluding tert-OH is 1. The highest BCUT2D eigenvalue weighted by Gasteiger charge is 2.28. The molecule has 0 radical (unpaired) electrons. The minimum absolute atomic E-state index is 0.267. The number of hydrogen-bond acceptors (Lipinski definition) is 2. The van der Waals surface area contributed by atoms with E-state index in [0.717, 1.165) is 13.0 Å². The minimum Gasteiger partial charge on any atom is -0.391 e. The lowest BCUT2D eigenvalue weighted by atomic mass is 9.86. The molecule has 1 saturated heterocycles. The van der Waals surface area contributed by atoms with E-state index in [0.29, 0.717) is 24.8 Å². The predicted molar refractivity (Wildman–Crippen MR) is 67.6 cm³/mol. The molecule has 98 valence electrons. The lowest BCUT2D eigenvalue weighted by Gasteiger charge is -2.35. The van der Waals surface area contributed by atoms with E-state index in [9.17, 15) is 9.90 Å². The molecule has 1 saturated carbocycles. The summed E-state index contributed by atoms with van der Waals surface area (Å²) in [5.41, 5.74) is 0. The van der Waals surface area contributed by atoms with Gasteiger partial charge >= 0.3 is 0 Å². The Morgan fingerprint density at radius 3 is 2.59 bits per heavy atom. The normalized spacial score (nSPS) is 31.5. The molecular weight excluding hydrogens is 214 g/mol. The van der Waals surface area contributed by atoms with Crippen molar-refractivity contribution >= 4 is 5.91 Å². The highest BCUT2D eigenvalue weighted by Crippen LogP contribution is 2.27. The van der Waals surface area contributed by atoms with Crippen LogP contribution in [0.2, 0.25) is 0 Å². The molecule has 2 unspecified atom stereocenters. The van der Waals surface area contributed by atoms with E-state index in [1.54, 1.807) is 0 Å². The number of piperidine rings is 1. The van der Waals surface area contributed by atoms with Gasteiger partial charge in [-0.05, 0) is 31.1 Å². The van der Waals surface area contributed by atoms with E-state index in [1.165, 1.54) is 32.1 Å². The van der Waals surface area contributed by atoms with Gasteiger partial charge in [-0.3, -0.25) is 4.79 Å². The SMILES string of the molecule is CC1CCN(C(=O)CC2CCCCC2)CC1O. The van der Waals surface area contributed by atoms with Crippen LogP contribution in [-0.4, -0.2) is 35.1 Å². The zero-order valence-electron chi connectivity index (χ0n) is 10.9. The summed E-state index contributed by atoms with van der Waals surface area (Å²) in [7, 11) is 0. The summed E-state index contributed by atoms with van der Waals surface area (Å²) in [6.45, 7) is 3.45. The van der Waals surface area contributed by atoms with Crippen molar-refractivity contribution in [1.29, 1.82) is 0 Å². The van der Waals surface area contributed by atoms with Crippen molar-refractivity contribution in [2.24, 2.45) is 11.8 Å². The molecule has 1 amide bonds. The Hall–Kier alpha value is -0.570. The average Bonchev–Trinajstić information content (AvgIpc) is 2.34. The Balaban J connectivity index is 1.79. The third kappa shape index (κ3) is 3.44. The summed E-state index contributed by atoms with van der Waals surface area (Å²) in [6, 6.07) is 0. The first-order chi connectivity index (χ1) is 8.16. The fourth-order valence-electron chi connectivity index (χ4n) is 3.04. The third-order valence-corrected chi connectivity index (χ3v) is 4.46. The second-order valence-electron chi connectivity index (χ2n) is 5.88. The Morgan fingerprint density at radius 2 is 1.94 bits per heavy atom. The molecule has 2 atom stereocenters. The van der Waals surface area contributed by atoms with Gasteiger partial charge in [0.25, 0.3) is 0 Å². The molecule has 0 aromatic heterocycles. The number of aliphatic hydroxyl groups is 1. The number of amides is 1. The molecule has 3 nitrogen and oxygen atoms in total. The van der Waals surface area contributed by atoms with E-state index >= 15 is 0 Å². The van der Waals surface area contributed by atoms with Crippen LogP contribution in [0.25, 0.3) is 0 Å². The number of carbonyl (C=O) groups excluding carboxylic acids is 1. The molecule has 0 spiro atoms. The smallest absolute Gasteiger partial charge is 0.222 e. The van der Waals surface area contributed by atoms with Crippen molar-refractivity contribution in [1.82, 2.24) is 4.90 Å². The molecule has 1 aliphatic carbocycles. The number of hydrogen-bond donors (Lipinski definition) is 1. The van der Waals surface area contributed by atoms with Gasteiger partial charge in [-0.2, -0.15) is 0 Å². The molecule has 1 heterocycles. The van der Waals surface area contributed by atoms with E-state index in [-0.39, 0.29) is 12.0 Å². The van der Waals surface area contributed by atoms with Crippen LogP contribution in [0.1, 0.15) is 51.9 Å². The molecular formula is C14H25NO2. The van der Waals surface area contributed by atoms with Gasteiger partial charge in [0.05, 0.1) is 6.10 Å². The first-order valence-corrected chi connectivity index (χ1v) is 7.12. The van der Waals surface area contributed by atoms with Crippen LogP contribution >= 0.6 is 0 Å². The van der Waals surface area contributed by atoms with Crippen LogP contribution in [-0.2, 0) is 4.79 Å². The molecule has 2 aliphatic rings. The molecule has 2 rings (SSSR count). The van der Waals surface area contributed by atoms with Crippen LogP contribution in [0.4, 0.5) is 0 Å². The number of carbonyl (C=O) groups is 1. The number of nitrogens with zero attached hydrogens (tertiary/aromatic N) is 1. The van der Waals surface area contributed by atoms with E-state index < -0.39 is 0 Å². The van der Waals surface area contributed by atoms with Gasteiger partial charge in [-0.15, -0.1) is 0 Å². The molecule has 0 bridgehead atoms. The monoisotopic (exact) mass is 239 g/mol. The number of likely N-dealkylation sites (tertiary alicyclic amines) is 1. The summed E-state index contributed by atoms with van der Waals surface area (Å²) in [4.78, 5) is 14.0. The molecule has 1 N–H and O–H groups in total. The van der Waals surface area contributed by atoms with Gasteiger partial charge in [0.15, 0.2) is 0 Å². The molecule has 0 aromatic carbocycles. The zero-order valence-corrected chi connectivity index (χ0v) is 10.9. The molecule has 2 fully saturated rings. The molecule has 17 heavy (non-hydrogen) atoms. The quantitative estimate of drug-likeness (QED) is 0.802. The van der Waals surface area contributed by atoms with Crippen LogP contribution in [0, 0.1) is 11.8 Å². The Bertz CT molecular complexity index is 261. The average molecular weight is 239 g/mol. The van der Waals surface area contributed by atoms with Gasteiger partial charge in [-0.25, -0.2) is 0 Å². The van der Waals surface area contributed by atoms with Crippen molar-refractivity contribution in [3.63, 3.8) is 0 Å². The van der Waals surface area contributed by atoms with Crippen LogP contribution in [0.3, 0.4) is 0 Å². The largest absolute Gasteiger partial charge is 0.391 e. The van der Waals surface area contributed by atoms with Gasteiger partial charge in [0.2, 0.25) is 5.91 Å². The Morgan fingerprint density at radius 1 is 1.24 bits per heavy atom. The maximum Gasteiger partial charge on any atom is 0.222 e. The van der Waals surface area contributed by atoms with Gasteiger partial charge in [0.1, 0.15) is 0 Å². The third-order valence-electron chi connectivity index (χ3n) is 4.46. The van der Waals surface area contributed by atoms with Crippen LogP contribution < -0.4 is 0 Å². The van der Waals surface area contributed by atoms with Crippen molar-refractivity contribution in [3.05, 3.63) is 0 Å². The van der Waals surface area contributed by atoms with Crippen LogP contribution in [0.15, 0.2) is 0 Å². The maximum atomic E-state index is 12.1. The Kier molecular flexibility index (Phi) is 4.43. The summed E-state index contributed by atoms with van der Waals surface area (Å²) < 4.78 is 0. The highest BCUT2D eigenvalue weighted by atomic mass is 16.3. The fourth-order valence-corrected chi connectivity index (χ4v) is 3.04. The Labute approximate surface area is 104 Å². The van der Waals surface area contributed by atoms with Crippen molar-refractivity contribution in [2.75, 3.05) is 13.1 Å². The molecule has 0 aromatic rings. The second-order valence-corrected chi connectivity index (χ2v) is 5.88. The van der Waals surface area contributed by atoms with E-state index in [4.69, 9.17) is 0 Å². The maximum absolute atomic E-state index is 12.1. The van der Waals surface area contributed by atoms with Gasteiger partial charge in [-0.1, -0.05) is 26.2 Å². The molecule has 3 heteroatoms. The van der Waals surface area contributed by atoms with E-state index in [1.807, 2.05) is 4.90 Å². The fraction of sp³-hybridized carbons (Fsp3) is 0.929. The topological polar surface area (TPSA) is 40.5 Å². The number of β-amino-alcohol motifs (C(OH)–C–C–N with tert-alkyl or cyclic N) is 1. The van der Waals surface area contributed by atoms with Crippen molar-refractivity contribution < 1.29 is 9.90 Å². The zero-order chi connectivity index (χ0) is 12.3. The summed E-state index contributed by atoms with van der Waals surface area (Å²) in [5.74, 6) is 1.21. The summed E-state index contributed by atoms with van der Waals surface area (Å²) >= 11 is 0. The van der Waals surface area contributed by atoms with Gasteiger partial charge < -0.3 is 10.0 Å². The van der Waals surface area contributed by atoms with Gasteiger partial charge in [0, 0.05) is 19.5 Å². The first kappa shape index (κ1) is 12.9. The summed E-state index contributed by atoms with van der Waals surface area (Å²) in [5, 5.41) is 9.81. The lowest BCUT2D eigenvalue weighted by molar-refractivity contribution is -0.136. The predicted octanol–water partition coefficient (Wildman–Crippen LogP) is 2.19. The second kappa shape index (κ2) is 5.85. The first-order valence-electron chi connectivity index (χ1n) is 7.12. The highest BCUT2D eigenvalue weighted by molar-refractivity contribution is 5.76. The lowest BCUT2D eigenvalue weighted by Crippen LogP contribution is -2.46. The van der Waals surface area contributed by atoms with E-state index in [2.05, 4.69) is 6.92 Å². The summed E-state index contributed by atoms with van der Waals surface area (Å²) in [6.07, 6.45) is 7.69. The van der Waals surface area contributed by atoms with Crippen molar-refractivity contribution in [2.45, 2.75) is 58.0 Å². The van der Waals surface area contributed by atoms with Crippen molar-refractivity contribution in [3.8, 4) is 0 Å². The van der Waals surface area contributed by atoms with Crippen LogP contribution in [0.5, 0.6) is 0 Å². The minimum atomic E-state index is -0.320.